The van der Waals surface area contributed by atoms with Crippen LogP contribution >= 0.6 is 0 Å². The number of nitrogens with two attached hydrogens (primary N) is 1. The second-order valence-electron chi connectivity index (χ2n) is 3.89. The highest BCUT2D eigenvalue weighted by atomic mass is 32.2. The van der Waals surface area contributed by atoms with E-state index in [1.807, 2.05) is 0 Å². The SMILES string of the molecule is COC(=O)c1ccc(N)c(NCCNS(C)(=O)=O)c1. The molecule has 0 unspecified atom stereocenters. The van der Waals surface area contributed by atoms with E-state index in [9.17, 15) is 13.2 Å². The molecule has 1 aromatic carbocycles. The van der Waals surface area contributed by atoms with E-state index >= 15 is 0 Å². The molecule has 0 aliphatic rings. The van der Waals surface area contributed by atoms with Crippen molar-refractivity contribution >= 4 is 27.4 Å². The lowest BCUT2D eigenvalue weighted by atomic mass is 10.1. The Hall–Kier alpha value is -1.80. The van der Waals surface area contributed by atoms with Crippen molar-refractivity contribution in [3.63, 3.8) is 0 Å². The molecule has 0 heterocycles. The summed E-state index contributed by atoms with van der Waals surface area (Å²) < 4.78 is 28.7. The van der Waals surface area contributed by atoms with Crippen LogP contribution in [0.2, 0.25) is 0 Å². The second kappa shape index (κ2) is 6.39. The molecule has 0 spiro atoms. The molecule has 4 N–H and O–H groups in total. The summed E-state index contributed by atoms with van der Waals surface area (Å²) in [7, 11) is -1.92. The number of sulfonamides is 1. The minimum Gasteiger partial charge on any atom is -0.465 e. The summed E-state index contributed by atoms with van der Waals surface area (Å²) in [5.41, 5.74) is 7.14. The highest BCUT2D eigenvalue weighted by Gasteiger charge is 2.08. The normalized spacial score (nSPS) is 11.1. The summed E-state index contributed by atoms with van der Waals surface area (Å²) in [6.07, 6.45) is 1.08. The second-order valence-corrected chi connectivity index (χ2v) is 5.72. The Morgan fingerprint density at radius 3 is 2.63 bits per heavy atom. The Morgan fingerprint density at radius 2 is 2.05 bits per heavy atom. The van der Waals surface area contributed by atoms with Crippen molar-refractivity contribution in [1.82, 2.24) is 4.72 Å². The van der Waals surface area contributed by atoms with Crippen LogP contribution in [0.3, 0.4) is 0 Å². The molecule has 0 aliphatic carbocycles. The number of benzene rings is 1. The van der Waals surface area contributed by atoms with Crippen LogP contribution in [-0.2, 0) is 14.8 Å². The molecular weight excluding hydrogens is 270 g/mol. The first kappa shape index (κ1) is 15.3. The fourth-order valence-electron chi connectivity index (χ4n) is 1.39. The zero-order chi connectivity index (χ0) is 14.5. The number of carbonyl (C=O) groups is 1. The van der Waals surface area contributed by atoms with Gasteiger partial charge in [0.05, 0.1) is 30.3 Å². The van der Waals surface area contributed by atoms with Gasteiger partial charge in [-0.25, -0.2) is 17.9 Å². The molecule has 0 radical (unpaired) electrons. The Labute approximate surface area is 112 Å². The van der Waals surface area contributed by atoms with E-state index in [4.69, 9.17) is 5.73 Å². The number of carbonyl (C=O) groups excluding carboxylic acids is 1. The molecule has 0 aliphatic heterocycles. The molecular formula is C11H17N3O4S. The zero-order valence-electron chi connectivity index (χ0n) is 10.8. The van der Waals surface area contributed by atoms with Gasteiger partial charge in [0, 0.05) is 13.1 Å². The van der Waals surface area contributed by atoms with E-state index in [0.717, 1.165) is 6.26 Å². The first-order chi connectivity index (χ1) is 8.83. The minimum atomic E-state index is -3.21. The molecule has 0 saturated carbocycles. The highest BCUT2D eigenvalue weighted by Crippen LogP contribution is 2.20. The van der Waals surface area contributed by atoms with Gasteiger partial charge in [-0.05, 0) is 18.2 Å². The number of anilines is 2. The van der Waals surface area contributed by atoms with Crippen molar-refractivity contribution in [2.75, 3.05) is 37.5 Å². The van der Waals surface area contributed by atoms with E-state index in [-0.39, 0.29) is 6.54 Å². The summed E-state index contributed by atoms with van der Waals surface area (Å²) in [6, 6.07) is 4.70. The molecule has 0 fully saturated rings. The Bertz CT molecular complexity index is 557. The summed E-state index contributed by atoms with van der Waals surface area (Å²) in [5.74, 6) is -0.461. The van der Waals surface area contributed by atoms with Crippen LogP contribution in [0.1, 0.15) is 10.4 Å². The largest absolute Gasteiger partial charge is 0.465 e. The van der Waals surface area contributed by atoms with Crippen LogP contribution in [0.15, 0.2) is 18.2 Å². The lowest BCUT2D eigenvalue weighted by Crippen LogP contribution is -2.27. The topological polar surface area (TPSA) is 111 Å². The van der Waals surface area contributed by atoms with Gasteiger partial charge in [0.1, 0.15) is 0 Å². The molecule has 8 heteroatoms. The van der Waals surface area contributed by atoms with E-state index in [2.05, 4.69) is 14.8 Å². The third-order valence-corrected chi connectivity index (χ3v) is 3.01. The monoisotopic (exact) mass is 287 g/mol. The number of hydrogen-bond acceptors (Lipinski definition) is 6. The molecule has 0 amide bonds. The van der Waals surface area contributed by atoms with Crippen LogP contribution in [0.5, 0.6) is 0 Å². The van der Waals surface area contributed by atoms with Gasteiger partial charge in [-0.15, -0.1) is 0 Å². The standard InChI is InChI=1S/C11H17N3O4S/c1-18-11(15)8-3-4-9(12)10(7-8)13-5-6-14-19(2,16)17/h3-4,7,13-14H,5-6,12H2,1-2H3. The van der Waals surface area contributed by atoms with Gasteiger partial charge < -0.3 is 15.8 Å². The number of esters is 1. The average molecular weight is 287 g/mol. The van der Waals surface area contributed by atoms with E-state index in [1.54, 1.807) is 18.2 Å². The molecule has 1 aromatic rings. The molecule has 0 bridgehead atoms. The van der Waals surface area contributed by atoms with E-state index in [1.165, 1.54) is 7.11 Å². The van der Waals surface area contributed by atoms with E-state index in [0.29, 0.717) is 23.5 Å². The van der Waals surface area contributed by atoms with Crippen molar-refractivity contribution in [1.29, 1.82) is 0 Å². The van der Waals surface area contributed by atoms with Crippen molar-refractivity contribution < 1.29 is 17.9 Å². The Morgan fingerprint density at radius 1 is 1.37 bits per heavy atom. The molecule has 0 aromatic heterocycles. The van der Waals surface area contributed by atoms with Gasteiger partial charge in [0.2, 0.25) is 10.0 Å². The molecule has 7 nitrogen and oxygen atoms in total. The molecule has 0 atom stereocenters. The zero-order valence-corrected chi connectivity index (χ0v) is 11.6. The van der Waals surface area contributed by atoms with Crippen molar-refractivity contribution in [2.45, 2.75) is 0 Å². The quantitative estimate of drug-likeness (QED) is 0.386. The van der Waals surface area contributed by atoms with Crippen LogP contribution in [0.25, 0.3) is 0 Å². The fourth-order valence-corrected chi connectivity index (χ4v) is 1.86. The van der Waals surface area contributed by atoms with Crippen LogP contribution in [0.4, 0.5) is 11.4 Å². The maximum atomic E-state index is 11.4. The third-order valence-electron chi connectivity index (χ3n) is 2.28. The fraction of sp³-hybridized carbons (Fsp3) is 0.364. The van der Waals surface area contributed by atoms with Gasteiger partial charge in [-0.1, -0.05) is 0 Å². The summed E-state index contributed by atoms with van der Waals surface area (Å²) in [6.45, 7) is 0.572. The highest BCUT2D eigenvalue weighted by molar-refractivity contribution is 7.88. The van der Waals surface area contributed by atoms with Gasteiger partial charge in [-0.2, -0.15) is 0 Å². The Balaban J connectivity index is 2.65. The predicted molar refractivity (Wildman–Crippen MR) is 73.5 cm³/mol. The van der Waals surface area contributed by atoms with Crippen LogP contribution < -0.4 is 15.8 Å². The maximum Gasteiger partial charge on any atom is 0.337 e. The number of nitrogens with one attached hydrogen (secondary N) is 2. The first-order valence-corrected chi connectivity index (χ1v) is 7.39. The third kappa shape index (κ3) is 5.14. The molecule has 0 saturated heterocycles. The smallest absolute Gasteiger partial charge is 0.337 e. The van der Waals surface area contributed by atoms with E-state index < -0.39 is 16.0 Å². The van der Waals surface area contributed by atoms with Crippen molar-refractivity contribution in [2.24, 2.45) is 0 Å². The lowest BCUT2D eigenvalue weighted by Gasteiger charge is -2.10. The Kier molecular flexibility index (Phi) is 5.13. The van der Waals surface area contributed by atoms with Gasteiger partial charge in [0.15, 0.2) is 0 Å². The van der Waals surface area contributed by atoms with Gasteiger partial charge in [0.25, 0.3) is 0 Å². The number of ether oxygens (including phenoxy) is 1. The number of hydrogen-bond donors (Lipinski definition) is 3. The summed E-state index contributed by atoms with van der Waals surface area (Å²) in [5, 5.41) is 2.95. The van der Waals surface area contributed by atoms with Crippen molar-refractivity contribution in [3.8, 4) is 0 Å². The maximum absolute atomic E-state index is 11.4. The van der Waals surface area contributed by atoms with Gasteiger partial charge >= 0.3 is 5.97 Å². The first-order valence-electron chi connectivity index (χ1n) is 5.50. The average Bonchev–Trinajstić information content (AvgIpc) is 2.34. The minimum absolute atomic E-state index is 0.223. The van der Waals surface area contributed by atoms with Crippen LogP contribution in [0, 0.1) is 0 Å². The summed E-state index contributed by atoms with van der Waals surface area (Å²) >= 11 is 0. The molecule has 106 valence electrons. The lowest BCUT2D eigenvalue weighted by molar-refractivity contribution is 0.0601. The summed E-state index contributed by atoms with van der Waals surface area (Å²) in [4.78, 5) is 11.4. The number of rotatable bonds is 6. The predicted octanol–water partition coefficient (Wildman–Crippen LogP) is 0.0165. The molecule has 1 rings (SSSR count). The number of methoxy groups -OCH3 is 1. The van der Waals surface area contributed by atoms with Gasteiger partial charge in [-0.3, -0.25) is 0 Å². The van der Waals surface area contributed by atoms with Crippen LogP contribution in [-0.4, -0.2) is 40.8 Å². The molecule has 19 heavy (non-hydrogen) atoms. The van der Waals surface area contributed by atoms with Crippen molar-refractivity contribution in [3.05, 3.63) is 23.8 Å². The number of nitrogen functional groups attached to an aromatic ring is 1.